The molecule has 0 aromatic heterocycles. The molecule has 4 heteroatoms. The first-order chi connectivity index (χ1) is 9.27. The van der Waals surface area contributed by atoms with Crippen LogP contribution in [0.15, 0.2) is 45.3 Å². The highest BCUT2D eigenvalue weighted by Gasteiger charge is 2.13. The van der Waals surface area contributed by atoms with Crippen LogP contribution >= 0.6 is 43.5 Å². The number of benzene rings is 2. The number of hydrogen-bond donors (Lipinski definition) is 0. The maximum absolute atomic E-state index is 6.07. The first-order valence-corrected chi connectivity index (χ1v) is 8.17. The van der Waals surface area contributed by atoms with Crippen molar-refractivity contribution in [2.24, 2.45) is 0 Å². The van der Waals surface area contributed by atoms with Crippen LogP contribution in [-0.4, -0.2) is 0 Å². The zero-order valence-corrected chi connectivity index (χ0v) is 15.4. The van der Waals surface area contributed by atoms with Gasteiger partial charge in [-0.2, -0.15) is 0 Å². The van der Waals surface area contributed by atoms with Gasteiger partial charge in [0.05, 0.1) is 5.02 Å². The summed E-state index contributed by atoms with van der Waals surface area (Å²) in [5.41, 5.74) is 1.42. The van der Waals surface area contributed by atoms with E-state index >= 15 is 0 Å². The molecule has 0 atom stereocenters. The largest absolute Gasteiger partial charge is 0.457 e. The molecule has 0 spiro atoms. The van der Waals surface area contributed by atoms with E-state index in [-0.39, 0.29) is 5.41 Å². The van der Waals surface area contributed by atoms with Gasteiger partial charge in [0.2, 0.25) is 0 Å². The van der Waals surface area contributed by atoms with Crippen molar-refractivity contribution in [3.8, 4) is 11.5 Å². The van der Waals surface area contributed by atoms with E-state index in [1.807, 2.05) is 24.3 Å². The predicted octanol–water partition coefficient (Wildman–Crippen LogP) is 6.95. The molecule has 0 fully saturated rings. The lowest BCUT2D eigenvalue weighted by Crippen LogP contribution is -2.10. The quantitative estimate of drug-likeness (QED) is 0.479. The first-order valence-electron chi connectivity index (χ1n) is 6.20. The van der Waals surface area contributed by atoms with Gasteiger partial charge < -0.3 is 4.74 Å². The summed E-state index contributed by atoms with van der Waals surface area (Å²) in [5.74, 6) is 1.54. The minimum Gasteiger partial charge on any atom is -0.457 e. The van der Waals surface area contributed by atoms with Crippen LogP contribution in [0.5, 0.6) is 11.5 Å². The zero-order valence-electron chi connectivity index (χ0n) is 11.5. The van der Waals surface area contributed by atoms with E-state index in [1.165, 1.54) is 5.56 Å². The average Bonchev–Trinajstić information content (AvgIpc) is 2.35. The Morgan fingerprint density at radius 3 is 1.85 bits per heavy atom. The van der Waals surface area contributed by atoms with E-state index in [9.17, 15) is 0 Å². The molecule has 2 rings (SSSR count). The van der Waals surface area contributed by atoms with Crippen LogP contribution < -0.4 is 4.74 Å². The summed E-state index contributed by atoms with van der Waals surface area (Å²) in [6.45, 7) is 6.57. The van der Waals surface area contributed by atoms with Crippen molar-refractivity contribution >= 4 is 43.5 Å². The predicted molar refractivity (Wildman–Crippen MR) is 92.1 cm³/mol. The molecule has 0 heterocycles. The monoisotopic (exact) mass is 416 g/mol. The van der Waals surface area contributed by atoms with Crippen LogP contribution in [0, 0.1) is 0 Å². The maximum atomic E-state index is 6.07. The van der Waals surface area contributed by atoms with Crippen molar-refractivity contribution < 1.29 is 4.74 Å². The zero-order chi connectivity index (χ0) is 14.9. The lowest BCUT2D eigenvalue weighted by Gasteiger charge is -2.19. The fraction of sp³-hybridized carbons (Fsp3) is 0.250. The standard InChI is InChI=1S/C16H15Br2ClO/c1-16(2,3)10-4-6-11(7-5-10)20-12-8-13(17)15(19)14(18)9-12/h4-9H,1-3H3. The van der Waals surface area contributed by atoms with Gasteiger partial charge in [-0.25, -0.2) is 0 Å². The summed E-state index contributed by atoms with van der Waals surface area (Å²) in [6, 6.07) is 11.9. The molecule has 0 radical (unpaired) electrons. The van der Waals surface area contributed by atoms with E-state index in [4.69, 9.17) is 16.3 Å². The third kappa shape index (κ3) is 3.78. The molecular weight excluding hydrogens is 403 g/mol. The average molecular weight is 419 g/mol. The first kappa shape index (κ1) is 15.9. The van der Waals surface area contributed by atoms with Crippen molar-refractivity contribution in [1.82, 2.24) is 0 Å². The summed E-state index contributed by atoms with van der Waals surface area (Å²) in [4.78, 5) is 0. The summed E-state index contributed by atoms with van der Waals surface area (Å²) in [6.07, 6.45) is 0. The van der Waals surface area contributed by atoms with Gasteiger partial charge in [-0.1, -0.05) is 44.5 Å². The molecular formula is C16H15Br2ClO. The smallest absolute Gasteiger partial charge is 0.129 e. The Balaban J connectivity index is 2.23. The second-order valence-corrected chi connectivity index (χ2v) is 7.66. The molecule has 0 bridgehead atoms. The molecule has 0 saturated heterocycles. The summed E-state index contributed by atoms with van der Waals surface area (Å²) in [7, 11) is 0. The van der Waals surface area contributed by atoms with E-state index in [0.29, 0.717) is 5.02 Å². The molecule has 0 unspecified atom stereocenters. The third-order valence-electron chi connectivity index (χ3n) is 2.91. The van der Waals surface area contributed by atoms with Gasteiger partial charge in [0, 0.05) is 8.95 Å². The second-order valence-electron chi connectivity index (χ2n) is 5.58. The van der Waals surface area contributed by atoms with Crippen LogP contribution in [-0.2, 0) is 5.41 Å². The Morgan fingerprint density at radius 1 is 0.900 bits per heavy atom. The Morgan fingerprint density at radius 2 is 1.40 bits per heavy atom. The van der Waals surface area contributed by atoms with E-state index in [1.54, 1.807) is 0 Å². The summed E-state index contributed by atoms with van der Waals surface area (Å²) < 4.78 is 7.45. The molecule has 2 aromatic rings. The summed E-state index contributed by atoms with van der Waals surface area (Å²) in [5, 5.41) is 0.639. The maximum Gasteiger partial charge on any atom is 0.129 e. The molecule has 0 saturated carbocycles. The van der Waals surface area contributed by atoms with Crippen molar-refractivity contribution in [2.75, 3.05) is 0 Å². The minimum atomic E-state index is 0.144. The van der Waals surface area contributed by atoms with E-state index < -0.39 is 0 Å². The van der Waals surface area contributed by atoms with Gasteiger partial charge in [0.1, 0.15) is 11.5 Å². The highest BCUT2D eigenvalue weighted by atomic mass is 79.9. The molecule has 0 aliphatic carbocycles. The van der Waals surface area contributed by atoms with Gasteiger partial charge in [0.15, 0.2) is 0 Å². The fourth-order valence-electron chi connectivity index (χ4n) is 1.75. The number of hydrogen-bond acceptors (Lipinski definition) is 1. The Hall–Kier alpha value is -0.510. The minimum absolute atomic E-state index is 0.144. The van der Waals surface area contributed by atoms with Gasteiger partial charge in [-0.3, -0.25) is 0 Å². The van der Waals surface area contributed by atoms with Crippen LogP contribution in [0.1, 0.15) is 26.3 Å². The molecule has 106 valence electrons. The lowest BCUT2D eigenvalue weighted by atomic mass is 9.87. The van der Waals surface area contributed by atoms with E-state index in [2.05, 4.69) is 64.8 Å². The third-order valence-corrected chi connectivity index (χ3v) is 5.03. The molecule has 20 heavy (non-hydrogen) atoms. The second kappa shape index (κ2) is 6.08. The van der Waals surface area contributed by atoms with Gasteiger partial charge >= 0.3 is 0 Å². The number of halogens is 3. The molecule has 0 aliphatic heterocycles. The van der Waals surface area contributed by atoms with Crippen molar-refractivity contribution in [3.05, 3.63) is 55.9 Å². The normalized spacial score (nSPS) is 11.5. The molecule has 0 N–H and O–H groups in total. The highest BCUT2D eigenvalue weighted by Crippen LogP contribution is 2.36. The lowest BCUT2D eigenvalue weighted by molar-refractivity contribution is 0.481. The van der Waals surface area contributed by atoms with Crippen molar-refractivity contribution in [3.63, 3.8) is 0 Å². The van der Waals surface area contributed by atoms with Crippen LogP contribution in [0.25, 0.3) is 0 Å². The highest BCUT2D eigenvalue weighted by molar-refractivity contribution is 9.11. The number of rotatable bonds is 2. The topological polar surface area (TPSA) is 9.23 Å². The van der Waals surface area contributed by atoms with Crippen LogP contribution in [0.2, 0.25) is 5.02 Å². The van der Waals surface area contributed by atoms with Crippen LogP contribution in [0.4, 0.5) is 0 Å². The Bertz CT molecular complexity index is 592. The molecule has 1 nitrogen and oxygen atoms in total. The number of ether oxygens (including phenoxy) is 1. The molecule has 2 aromatic carbocycles. The molecule has 0 amide bonds. The summed E-state index contributed by atoms with van der Waals surface area (Å²) >= 11 is 12.9. The molecule has 0 aliphatic rings. The van der Waals surface area contributed by atoms with Gasteiger partial charge in [-0.05, 0) is 67.1 Å². The Labute approximate surface area is 141 Å². The fourth-order valence-corrected chi connectivity index (χ4v) is 3.00. The SMILES string of the molecule is CC(C)(C)c1ccc(Oc2cc(Br)c(Cl)c(Br)c2)cc1. The van der Waals surface area contributed by atoms with Crippen LogP contribution in [0.3, 0.4) is 0 Å². The van der Waals surface area contributed by atoms with E-state index in [0.717, 1.165) is 20.4 Å². The van der Waals surface area contributed by atoms with Gasteiger partial charge in [-0.15, -0.1) is 0 Å². The Kier molecular flexibility index (Phi) is 4.83. The van der Waals surface area contributed by atoms with Crippen molar-refractivity contribution in [2.45, 2.75) is 26.2 Å². The van der Waals surface area contributed by atoms with Gasteiger partial charge in [0.25, 0.3) is 0 Å². The van der Waals surface area contributed by atoms with Crippen molar-refractivity contribution in [1.29, 1.82) is 0 Å².